The fourth-order valence-corrected chi connectivity index (χ4v) is 4.52. The average Bonchev–Trinajstić information content (AvgIpc) is 2.64. The first-order valence-corrected chi connectivity index (χ1v) is 10.8. The summed E-state index contributed by atoms with van der Waals surface area (Å²) < 4.78 is 0. The highest BCUT2D eigenvalue weighted by atomic mass is 32.2. The highest BCUT2D eigenvalue weighted by Gasteiger charge is 2.37. The molecule has 0 fully saturated rings. The van der Waals surface area contributed by atoms with Gasteiger partial charge >= 0.3 is 0 Å². The number of hydrogen-bond donors (Lipinski definition) is 2. The molecule has 3 unspecified atom stereocenters. The topological polar surface area (TPSA) is 78.6 Å². The summed E-state index contributed by atoms with van der Waals surface area (Å²) in [6, 6.07) is -0.803. The lowest BCUT2D eigenvalue weighted by Crippen LogP contribution is -2.51. The molecular weight excluding hydrogens is 362 g/mol. The summed E-state index contributed by atoms with van der Waals surface area (Å²) in [4.78, 5) is 14.8. The van der Waals surface area contributed by atoms with Gasteiger partial charge in [0.2, 0.25) is 6.04 Å². The van der Waals surface area contributed by atoms with E-state index in [0.29, 0.717) is 6.42 Å². The zero-order valence-corrected chi connectivity index (χ0v) is 17.4. The molecule has 0 spiro atoms. The monoisotopic (exact) mass is 395 g/mol. The van der Waals surface area contributed by atoms with Crippen molar-refractivity contribution in [2.75, 3.05) is 26.4 Å². The third-order valence-electron chi connectivity index (χ3n) is 5.15. The number of nitrogens with zero attached hydrogens (tertiary/aromatic N) is 2. The number of rotatable bonds is 10. The van der Waals surface area contributed by atoms with E-state index >= 15 is 0 Å². The van der Waals surface area contributed by atoms with Crippen LogP contribution in [0, 0.1) is 16.0 Å². The van der Waals surface area contributed by atoms with Crippen LogP contribution in [0.15, 0.2) is 35.3 Å². The van der Waals surface area contributed by atoms with Crippen LogP contribution in [-0.4, -0.2) is 65.6 Å². The molecule has 0 heterocycles. The predicted molar refractivity (Wildman–Crippen MR) is 113 cm³/mol. The van der Waals surface area contributed by atoms with Crippen LogP contribution in [0.1, 0.15) is 32.6 Å². The molecule has 0 aromatic heterocycles. The Hall–Kier alpha value is -1.15. The average molecular weight is 396 g/mol. The van der Waals surface area contributed by atoms with E-state index in [0.717, 1.165) is 31.6 Å². The zero-order valence-electron chi connectivity index (χ0n) is 16.6. The highest BCUT2D eigenvalue weighted by molar-refractivity contribution is 8.03. The van der Waals surface area contributed by atoms with Gasteiger partial charge in [-0.1, -0.05) is 30.4 Å². The molecule has 2 rings (SSSR count). The van der Waals surface area contributed by atoms with Crippen LogP contribution in [0.25, 0.3) is 0 Å². The van der Waals surface area contributed by atoms with Crippen molar-refractivity contribution in [1.82, 2.24) is 10.2 Å². The van der Waals surface area contributed by atoms with Gasteiger partial charge in [-0.2, -0.15) is 0 Å². The van der Waals surface area contributed by atoms with Gasteiger partial charge in [0.15, 0.2) is 0 Å². The molecule has 6 nitrogen and oxygen atoms in total. The van der Waals surface area contributed by atoms with Crippen molar-refractivity contribution >= 4 is 11.8 Å². The molecule has 0 aromatic carbocycles. The second-order valence-corrected chi connectivity index (χ2v) is 8.85. The Morgan fingerprint density at radius 3 is 2.78 bits per heavy atom. The Bertz CT molecular complexity index is 575. The quantitative estimate of drug-likeness (QED) is 0.336. The summed E-state index contributed by atoms with van der Waals surface area (Å²) in [5.41, 5.74) is 0. The number of nitrogens with one attached hydrogen (secondary N) is 1. The van der Waals surface area contributed by atoms with Gasteiger partial charge in [-0.25, -0.2) is 0 Å². The van der Waals surface area contributed by atoms with Gasteiger partial charge in [-0.15, -0.1) is 11.8 Å². The molecule has 2 aliphatic carbocycles. The van der Waals surface area contributed by atoms with E-state index in [1.165, 1.54) is 4.91 Å². The second-order valence-electron chi connectivity index (χ2n) is 7.76. The number of thioether (sulfide) groups is 1. The van der Waals surface area contributed by atoms with Crippen LogP contribution in [0.3, 0.4) is 0 Å². The molecule has 152 valence electrons. The molecule has 0 radical (unpaired) electrons. The maximum absolute atomic E-state index is 11.6. The van der Waals surface area contributed by atoms with E-state index in [1.54, 1.807) is 6.92 Å². The van der Waals surface area contributed by atoms with Crippen LogP contribution in [0.4, 0.5) is 0 Å². The third kappa shape index (κ3) is 7.41. The minimum atomic E-state index is -0.699. The van der Waals surface area contributed by atoms with Gasteiger partial charge in [0, 0.05) is 34.0 Å². The lowest BCUT2D eigenvalue weighted by molar-refractivity contribution is -0.528. The Morgan fingerprint density at radius 2 is 2.19 bits per heavy atom. The fourth-order valence-electron chi connectivity index (χ4n) is 3.43. The maximum atomic E-state index is 11.6. The molecule has 0 saturated heterocycles. The summed E-state index contributed by atoms with van der Waals surface area (Å²) in [5, 5.41) is 24.9. The van der Waals surface area contributed by atoms with Crippen LogP contribution in [-0.2, 0) is 0 Å². The van der Waals surface area contributed by atoms with Gasteiger partial charge in [-0.05, 0) is 46.8 Å². The van der Waals surface area contributed by atoms with Crippen molar-refractivity contribution in [1.29, 1.82) is 0 Å². The van der Waals surface area contributed by atoms with Crippen LogP contribution >= 0.6 is 11.8 Å². The Morgan fingerprint density at radius 1 is 1.41 bits per heavy atom. The largest absolute Gasteiger partial charge is 0.393 e. The number of nitro groups is 1. The van der Waals surface area contributed by atoms with Crippen LogP contribution in [0.5, 0.6) is 0 Å². The maximum Gasteiger partial charge on any atom is 0.232 e. The van der Waals surface area contributed by atoms with E-state index in [9.17, 15) is 15.2 Å². The third-order valence-corrected chi connectivity index (χ3v) is 6.35. The lowest BCUT2D eigenvalue weighted by atomic mass is 9.85. The first kappa shape index (κ1) is 22.1. The smallest absolute Gasteiger partial charge is 0.232 e. The Kier molecular flexibility index (Phi) is 9.02. The molecule has 27 heavy (non-hydrogen) atoms. The number of allylic oxidation sites excluding steroid dienone is 3. The van der Waals surface area contributed by atoms with Crippen molar-refractivity contribution in [3.05, 3.63) is 45.4 Å². The van der Waals surface area contributed by atoms with Crippen LogP contribution in [0.2, 0.25) is 0 Å². The molecular formula is C20H33N3O3S. The molecule has 0 aromatic rings. The highest BCUT2D eigenvalue weighted by Crippen LogP contribution is 2.26. The molecule has 2 N–H and O–H groups in total. The molecule has 0 bridgehead atoms. The zero-order chi connectivity index (χ0) is 19.8. The molecule has 7 heteroatoms. The molecule has 0 saturated carbocycles. The molecule has 2 aliphatic rings. The van der Waals surface area contributed by atoms with E-state index in [1.807, 2.05) is 38.0 Å². The first-order valence-electron chi connectivity index (χ1n) is 9.77. The van der Waals surface area contributed by atoms with Crippen molar-refractivity contribution in [2.24, 2.45) is 5.92 Å². The van der Waals surface area contributed by atoms with Gasteiger partial charge in [0.1, 0.15) is 0 Å². The summed E-state index contributed by atoms with van der Waals surface area (Å²) in [5.74, 6) is 0.740. The fraction of sp³-hybridized carbons (Fsp3) is 0.700. The standard InChI is InChI=1S/C20H33N3O3S/c1-15(24)16-9-10-19(20(13-16)23(25)26)21-17(11-12-22(2)3)14-27-18-7-5-4-6-8-18/h5,7-10,15-17,19-21,24H,4,6,11-14H2,1-3H3/t15-,16?,17+,19?,20?/m0/s1. The minimum absolute atomic E-state index is 0.148. The van der Waals surface area contributed by atoms with Crippen LogP contribution < -0.4 is 5.32 Å². The van der Waals surface area contributed by atoms with E-state index in [2.05, 4.69) is 28.4 Å². The number of hydrogen-bond acceptors (Lipinski definition) is 6. The van der Waals surface area contributed by atoms with E-state index < -0.39 is 12.1 Å². The lowest BCUT2D eigenvalue weighted by Gasteiger charge is -2.31. The van der Waals surface area contributed by atoms with Gasteiger partial charge in [0.05, 0.1) is 12.1 Å². The van der Waals surface area contributed by atoms with E-state index in [-0.39, 0.29) is 22.9 Å². The predicted octanol–water partition coefficient (Wildman–Crippen LogP) is 2.83. The van der Waals surface area contributed by atoms with Gasteiger partial charge in [-0.3, -0.25) is 10.1 Å². The Balaban J connectivity index is 2.02. The van der Waals surface area contributed by atoms with E-state index in [4.69, 9.17) is 0 Å². The molecule has 0 amide bonds. The van der Waals surface area contributed by atoms with Crippen molar-refractivity contribution in [3.63, 3.8) is 0 Å². The molecule has 5 atom stereocenters. The first-order chi connectivity index (χ1) is 12.9. The van der Waals surface area contributed by atoms with Crippen molar-refractivity contribution in [2.45, 2.75) is 56.8 Å². The van der Waals surface area contributed by atoms with Crippen molar-refractivity contribution < 1.29 is 10.0 Å². The SMILES string of the molecule is C[C@H](O)C1C=CC(N[C@H](CCN(C)C)CSC2=CCCC=C2)C([N+](=O)[O-])C1. The minimum Gasteiger partial charge on any atom is -0.393 e. The summed E-state index contributed by atoms with van der Waals surface area (Å²) in [7, 11) is 4.09. The summed E-state index contributed by atoms with van der Waals surface area (Å²) >= 11 is 1.82. The second kappa shape index (κ2) is 11.0. The Labute approximate surface area is 166 Å². The number of aliphatic hydroxyl groups is 1. The summed E-state index contributed by atoms with van der Waals surface area (Å²) in [6.07, 6.45) is 13.4. The summed E-state index contributed by atoms with van der Waals surface area (Å²) in [6.45, 7) is 2.63. The van der Waals surface area contributed by atoms with Crippen molar-refractivity contribution in [3.8, 4) is 0 Å². The van der Waals surface area contributed by atoms with Gasteiger partial charge < -0.3 is 15.3 Å². The number of aliphatic hydroxyl groups excluding tert-OH is 1. The van der Waals surface area contributed by atoms with Gasteiger partial charge in [0.25, 0.3) is 0 Å². The normalized spacial score (nSPS) is 27.4. The molecule has 0 aliphatic heterocycles.